The molecular formula is C17H23N3. The molecule has 1 fully saturated rings. The third kappa shape index (κ3) is 2.46. The number of hydrogen-bond acceptors (Lipinski definition) is 3. The van der Waals surface area contributed by atoms with E-state index in [1.807, 2.05) is 13.8 Å². The third-order valence-electron chi connectivity index (χ3n) is 4.88. The van der Waals surface area contributed by atoms with E-state index in [1.54, 1.807) is 5.56 Å². The van der Waals surface area contributed by atoms with Gasteiger partial charge in [0.2, 0.25) is 0 Å². The number of nitrogens with zero attached hydrogens (tertiary/aromatic N) is 3. The molecule has 0 amide bonds. The highest BCUT2D eigenvalue weighted by Crippen LogP contribution is 2.35. The van der Waals surface area contributed by atoms with Crippen molar-refractivity contribution in [3.63, 3.8) is 0 Å². The van der Waals surface area contributed by atoms with Crippen LogP contribution in [0.1, 0.15) is 30.9 Å². The molecule has 106 valence electrons. The van der Waals surface area contributed by atoms with Gasteiger partial charge >= 0.3 is 0 Å². The minimum absolute atomic E-state index is 0.324. The first kappa shape index (κ1) is 13.6. The van der Waals surface area contributed by atoms with Crippen molar-refractivity contribution in [2.45, 2.75) is 31.7 Å². The summed E-state index contributed by atoms with van der Waals surface area (Å²) in [6, 6.07) is 11.2. The second-order valence-corrected chi connectivity index (χ2v) is 6.56. The van der Waals surface area contributed by atoms with Crippen molar-refractivity contribution in [3.05, 3.63) is 35.4 Å². The maximum atomic E-state index is 9.21. The lowest BCUT2D eigenvalue weighted by atomic mass is 9.77. The molecular weight excluding hydrogens is 246 g/mol. The number of rotatable bonds is 3. The summed E-state index contributed by atoms with van der Waals surface area (Å²) in [7, 11) is 0. The first-order valence-corrected chi connectivity index (χ1v) is 7.56. The Morgan fingerprint density at radius 2 is 1.90 bits per heavy atom. The Balaban J connectivity index is 1.52. The van der Waals surface area contributed by atoms with Crippen molar-refractivity contribution in [1.82, 2.24) is 9.80 Å². The van der Waals surface area contributed by atoms with Crippen LogP contribution in [0.25, 0.3) is 0 Å². The van der Waals surface area contributed by atoms with Gasteiger partial charge < -0.3 is 4.90 Å². The van der Waals surface area contributed by atoms with Crippen LogP contribution in [0.4, 0.5) is 0 Å². The second-order valence-electron chi connectivity index (χ2n) is 6.56. The zero-order chi connectivity index (χ0) is 14.2. The van der Waals surface area contributed by atoms with Gasteiger partial charge in [-0.05, 0) is 31.4 Å². The van der Waals surface area contributed by atoms with Crippen LogP contribution >= 0.6 is 0 Å². The van der Waals surface area contributed by atoms with E-state index < -0.39 is 0 Å². The Morgan fingerprint density at radius 3 is 2.55 bits per heavy atom. The van der Waals surface area contributed by atoms with Crippen molar-refractivity contribution in [1.29, 1.82) is 5.26 Å². The minimum atomic E-state index is -0.324. The van der Waals surface area contributed by atoms with Crippen molar-refractivity contribution in [2.75, 3.05) is 32.7 Å². The molecule has 2 aliphatic rings. The van der Waals surface area contributed by atoms with Crippen molar-refractivity contribution in [2.24, 2.45) is 0 Å². The molecule has 1 heterocycles. The molecule has 0 bridgehead atoms. The molecule has 0 aromatic heterocycles. The normalized spacial score (nSPS) is 23.8. The van der Waals surface area contributed by atoms with Crippen LogP contribution in [0.3, 0.4) is 0 Å². The van der Waals surface area contributed by atoms with E-state index in [0.29, 0.717) is 0 Å². The predicted molar refractivity (Wildman–Crippen MR) is 80.6 cm³/mol. The van der Waals surface area contributed by atoms with Crippen LogP contribution in [0.15, 0.2) is 24.3 Å². The van der Waals surface area contributed by atoms with Gasteiger partial charge in [-0.3, -0.25) is 4.90 Å². The number of benzene rings is 1. The van der Waals surface area contributed by atoms with Gasteiger partial charge in [0.15, 0.2) is 0 Å². The summed E-state index contributed by atoms with van der Waals surface area (Å²) in [6.45, 7) is 9.41. The van der Waals surface area contributed by atoms with E-state index in [1.165, 1.54) is 18.5 Å². The summed E-state index contributed by atoms with van der Waals surface area (Å²) in [4.78, 5) is 4.86. The van der Waals surface area contributed by atoms with Crippen molar-refractivity contribution >= 4 is 0 Å². The van der Waals surface area contributed by atoms with Gasteiger partial charge in [0.25, 0.3) is 0 Å². The molecule has 1 unspecified atom stereocenters. The summed E-state index contributed by atoms with van der Waals surface area (Å²) >= 11 is 0. The summed E-state index contributed by atoms with van der Waals surface area (Å²) in [5.74, 6) is 0.724. The van der Waals surface area contributed by atoms with Crippen LogP contribution in [0.2, 0.25) is 0 Å². The topological polar surface area (TPSA) is 30.3 Å². The van der Waals surface area contributed by atoms with Gasteiger partial charge in [0.1, 0.15) is 5.54 Å². The largest absolute Gasteiger partial charge is 0.300 e. The highest BCUT2D eigenvalue weighted by Gasteiger charge is 2.32. The number of fused-ring (bicyclic) bond motifs is 1. The lowest BCUT2D eigenvalue weighted by Gasteiger charge is -2.42. The Morgan fingerprint density at radius 1 is 1.20 bits per heavy atom. The van der Waals surface area contributed by atoms with Crippen molar-refractivity contribution in [3.8, 4) is 6.07 Å². The highest BCUT2D eigenvalue weighted by atomic mass is 15.3. The average Bonchev–Trinajstić information content (AvgIpc) is 2.45. The summed E-state index contributed by atoms with van der Waals surface area (Å²) in [5.41, 5.74) is 2.75. The fraction of sp³-hybridized carbons (Fsp3) is 0.588. The second kappa shape index (κ2) is 5.20. The predicted octanol–water partition coefficient (Wildman–Crippen LogP) is 2.25. The smallest absolute Gasteiger partial charge is 0.103 e. The Hall–Kier alpha value is -1.37. The van der Waals surface area contributed by atoms with Gasteiger partial charge in [0, 0.05) is 38.6 Å². The summed E-state index contributed by atoms with van der Waals surface area (Å²) < 4.78 is 0. The molecule has 0 saturated carbocycles. The van der Waals surface area contributed by atoms with Crippen LogP contribution in [-0.2, 0) is 6.42 Å². The van der Waals surface area contributed by atoms with Crippen LogP contribution < -0.4 is 0 Å². The third-order valence-corrected chi connectivity index (χ3v) is 4.88. The zero-order valence-corrected chi connectivity index (χ0v) is 12.5. The molecule has 0 spiro atoms. The molecule has 3 rings (SSSR count). The fourth-order valence-corrected chi connectivity index (χ4v) is 3.40. The number of nitriles is 1. The van der Waals surface area contributed by atoms with Gasteiger partial charge in [-0.1, -0.05) is 24.3 Å². The van der Waals surface area contributed by atoms with E-state index in [-0.39, 0.29) is 5.54 Å². The summed E-state index contributed by atoms with van der Waals surface area (Å²) in [5, 5.41) is 9.21. The molecule has 3 nitrogen and oxygen atoms in total. The first-order valence-electron chi connectivity index (χ1n) is 7.56. The molecule has 20 heavy (non-hydrogen) atoms. The van der Waals surface area contributed by atoms with E-state index in [0.717, 1.165) is 32.1 Å². The average molecular weight is 269 g/mol. The zero-order valence-electron chi connectivity index (χ0n) is 12.5. The molecule has 1 saturated heterocycles. The maximum Gasteiger partial charge on any atom is 0.103 e. The van der Waals surface area contributed by atoms with E-state index in [2.05, 4.69) is 40.1 Å². The Bertz CT molecular complexity index is 521. The molecule has 1 aromatic rings. The molecule has 1 atom stereocenters. The van der Waals surface area contributed by atoms with Gasteiger partial charge in [0.05, 0.1) is 6.07 Å². The molecule has 0 N–H and O–H groups in total. The standard InChI is InChI=1S/C17H23N3/c1-17(2,13-18)20-9-7-19(8-10-20)12-15-11-14-5-3-4-6-16(14)15/h3-6,15H,7-12H2,1-2H3. The van der Waals surface area contributed by atoms with E-state index >= 15 is 0 Å². The Labute approximate surface area is 121 Å². The summed E-state index contributed by atoms with van der Waals surface area (Å²) in [6.07, 6.45) is 1.24. The van der Waals surface area contributed by atoms with Crippen LogP contribution in [0, 0.1) is 11.3 Å². The highest BCUT2D eigenvalue weighted by molar-refractivity contribution is 5.40. The SMILES string of the molecule is CC(C)(C#N)N1CCN(CC2Cc3ccccc32)CC1. The van der Waals surface area contributed by atoms with Gasteiger partial charge in [-0.15, -0.1) is 0 Å². The molecule has 1 aliphatic carbocycles. The fourth-order valence-electron chi connectivity index (χ4n) is 3.40. The van der Waals surface area contributed by atoms with Crippen molar-refractivity contribution < 1.29 is 0 Å². The number of piperazine rings is 1. The first-order chi connectivity index (χ1) is 9.60. The van der Waals surface area contributed by atoms with Gasteiger partial charge in [-0.2, -0.15) is 5.26 Å². The molecule has 3 heteroatoms. The van der Waals surface area contributed by atoms with E-state index in [4.69, 9.17) is 0 Å². The van der Waals surface area contributed by atoms with Crippen LogP contribution in [0.5, 0.6) is 0 Å². The lowest BCUT2D eigenvalue weighted by Crippen LogP contribution is -2.54. The van der Waals surface area contributed by atoms with E-state index in [9.17, 15) is 5.26 Å². The van der Waals surface area contributed by atoms with Crippen LogP contribution in [-0.4, -0.2) is 48.1 Å². The maximum absolute atomic E-state index is 9.21. The van der Waals surface area contributed by atoms with Gasteiger partial charge in [-0.25, -0.2) is 0 Å². The number of hydrogen-bond donors (Lipinski definition) is 0. The molecule has 1 aromatic carbocycles. The monoisotopic (exact) mass is 269 g/mol. The Kier molecular flexibility index (Phi) is 3.54. The molecule has 0 radical (unpaired) electrons. The quantitative estimate of drug-likeness (QED) is 0.843. The lowest BCUT2D eigenvalue weighted by molar-refractivity contribution is 0.0755. The molecule has 1 aliphatic heterocycles. The minimum Gasteiger partial charge on any atom is -0.300 e.